The predicted molar refractivity (Wildman–Crippen MR) is 99.9 cm³/mol. The normalized spacial score (nSPS) is 23.0. The highest BCUT2D eigenvalue weighted by Gasteiger charge is 2.38. The largest absolute Gasteiger partial charge is 0.371 e. The Balaban J connectivity index is 1.76. The predicted octanol–water partition coefficient (Wildman–Crippen LogP) is 3.43. The van der Waals surface area contributed by atoms with Gasteiger partial charge in [-0.25, -0.2) is 17.2 Å². The van der Waals surface area contributed by atoms with Gasteiger partial charge in [0, 0.05) is 24.7 Å². The molecule has 0 bridgehead atoms. The van der Waals surface area contributed by atoms with Crippen LogP contribution >= 0.6 is 0 Å². The van der Waals surface area contributed by atoms with Gasteiger partial charge in [-0.05, 0) is 74.9 Å². The molecule has 4 rings (SSSR count). The monoisotopic (exact) mass is 392 g/mol. The van der Waals surface area contributed by atoms with Crippen LogP contribution in [0.2, 0.25) is 0 Å². The zero-order chi connectivity index (χ0) is 19.3. The Morgan fingerprint density at radius 2 is 1.59 bits per heavy atom. The van der Waals surface area contributed by atoms with Crippen LogP contribution in [0.3, 0.4) is 0 Å². The molecule has 2 aromatic carbocycles. The van der Waals surface area contributed by atoms with Gasteiger partial charge in [0.1, 0.15) is 0 Å². The minimum absolute atomic E-state index is 0.124. The molecule has 0 aromatic heterocycles. The number of anilines is 1. The molecule has 0 N–H and O–H groups in total. The number of rotatable bonds is 2. The highest BCUT2D eigenvalue weighted by Crippen LogP contribution is 2.45. The number of hydrogen-bond donors (Lipinski definition) is 0. The Labute approximate surface area is 158 Å². The molecular weight excluding hydrogens is 370 g/mol. The first-order chi connectivity index (χ1) is 12.8. The lowest BCUT2D eigenvalue weighted by Crippen LogP contribution is -2.31. The molecule has 0 aliphatic carbocycles. The molecule has 2 aromatic rings. The highest BCUT2D eigenvalue weighted by atomic mass is 32.2. The molecule has 0 radical (unpaired) electrons. The average molecular weight is 392 g/mol. The number of nitrogens with zero attached hydrogens (tertiary/aromatic N) is 2. The molecule has 7 heteroatoms. The quantitative estimate of drug-likeness (QED) is 0.735. The van der Waals surface area contributed by atoms with E-state index in [1.165, 1.54) is 0 Å². The number of hydrogen-bond acceptors (Lipinski definition) is 4. The van der Waals surface area contributed by atoms with E-state index in [9.17, 15) is 17.2 Å². The van der Waals surface area contributed by atoms with Crippen molar-refractivity contribution >= 4 is 15.5 Å². The second-order valence-corrected chi connectivity index (χ2v) is 9.42. The number of likely N-dealkylation sites (tertiary alicyclic amines) is 1. The van der Waals surface area contributed by atoms with Crippen molar-refractivity contribution < 1.29 is 17.2 Å². The third-order valence-corrected chi connectivity index (χ3v) is 7.63. The molecule has 1 fully saturated rings. The van der Waals surface area contributed by atoms with Gasteiger partial charge in [0.05, 0.1) is 9.79 Å². The highest BCUT2D eigenvalue weighted by molar-refractivity contribution is 7.91. The fourth-order valence-electron chi connectivity index (χ4n) is 4.32. The Kier molecular flexibility index (Phi) is 4.47. The van der Waals surface area contributed by atoms with Crippen LogP contribution in [-0.2, 0) is 9.84 Å². The van der Waals surface area contributed by atoms with E-state index < -0.39 is 21.5 Å². The fourth-order valence-corrected chi connectivity index (χ4v) is 5.63. The minimum atomic E-state index is -3.91. The van der Waals surface area contributed by atoms with Gasteiger partial charge in [0.2, 0.25) is 9.84 Å². The number of benzene rings is 2. The lowest BCUT2D eigenvalue weighted by molar-refractivity contribution is 0.345. The molecule has 2 aliphatic heterocycles. The van der Waals surface area contributed by atoms with Crippen LogP contribution in [-0.4, -0.2) is 46.5 Å². The lowest BCUT2D eigenvalue weighted by atomic mass is 9.91. The van der Waals surface area contributed by atoms with E-state index in [0.717, 1.165) is 55.4 Å². The van der Waals surface area contributed by atoms with Gasteiger partial charge in [-0.15, -0.1) is 0 Å². The first-order valence-corrected chi connectivity index (χ1v) is 10.5. The van der Waals surface area contributed by atoms with E-state index in [2.05, 4.69) is 23.9 Å². The number of sulfone groups is 1. The van der Waals surface area contributed by atoms with E-state index in [1.54, 1.807) is 12.1 Å². The van der Waals surface area contributed by atoms with E-state index in [1.807, 2.05) is 6.07 Å². The van der Waals surface area contributed by atoms with Crippen molar-refractivity contribution in [1.82, 2.24) is 4.90 Å². The second-order valence-electron chi connectivity index (χ2n) is 7.47. The maximum Gasteiger partial charge on any atom is 0.206 e. The van der Waals surface area contributed by atoms with Gasteiger partial charge < -0.3 is 9.80 Å². The van der Waals surface area contributed by atoms with Crippen molar-refractivity contribution in [3.63, 3.8) is 0 Å². The zero-order valence-corrected chi connectivity index (χ0v) is 16.1. The van der Waals surface area contributed by atoms with Gasteiger partial charge in [0.25, 0.3) is 0 Å². The Morgan fingerprint density at radius 3 is 2.33 bits per heavy atom. The first kappa shape index (κ1) is 18.4. The molecule has 0 saturated carbocycles. The van der Waals surface area contributed by atoms with Crippen molar-refractivity contribution in [1.29, 1.82) is 0 Å². The molecule has 27 heavy (non-hydrogen) atoms. The molecule has 4 nitrogen and oxygen atoms in total. The SMILES string of the molecule is CN1CC[C@H]2c3cc(S(=O)(=O)c4ccc(F)c(F)c4)ccc3N(C)[C@H]2CC1. The summed E-state index contributed by atoms with van der Waals surface area (Å²) in [4.78, 5) is 4.43. The number of likely N-dealkylation sites (N-methyl/N-ethyl adjacent to an activating group) is 1. The summed E-state index contributed by atoms with van der Waals surface area (Å²) in [6, 6.07) is 8.17. The van der Waals surface area contributed by atoms with Crippen LogP contribution in [0.5, 0.6) is 0 Å². The smallest absolute Gasteiger partial charge is 0.206 e. The zero-order valence-electron chi connectivity index (χ0n) is 15.3. The molecule has 0 spiro atoms. The molecule has 1 saturated heterocycles. The molecule has 2 aliphatic rings. The van der Waals surface area contributed by atoms with Crippen LogP contribution in [0, 0.1) is 11.6 Å². The van der Waals surface area contributed by atoms with E-state index in [-0.39, 0.29) is 15.7 Å². The van der Waals surface area contributed by atoms with Crippen LogP contribution in [0.25, 0.3) is 0 Å². The standard InChI is InChI=1S/C20H22F2N2O2S/c1-23-9-7-15-16-11-13(4-6-19(16)24(2)20(15)8-10-23)27(25,26)14-3-5-17(21)18(22)12-14/h3-6,11-12,15,20H,7-10H2,1-2H3/t15-,20-/m0/s1. The molecule has 144 valence electrons. The number of fused-ring (bicyclic) bond motifs is 3. The fraction of sp³-hybridized carbons (Fsp3) is 0.400. The summed E-state index contributed by atoms with van der Waals surface area (Å²) in [5, 5.41) is 0. The lowest BCUT2D eigenvalue weighted by Gasteiger charge is -2.25. The maximum absolute atomic E-state index is 13.5. The van der Waals surface area contributed by atoms with Crippen LogP contribution in [0.15, 0.2) is 46.2 Å². The van der Waals surface area contributed by atoms with Crippen LogP contribution in [0.4, 0.5) is 14.5 Å². The average Bonchev–Trinajstić information content (AvgIpc) is 2.77. The third kappa shape index (κ3) is 3.02. The molecule has 0 amide bonds. The van der Waals surface area contributed by atoms with Crippen molar-refractivity contribution in [2.24, 2.45) is 0 Å². The number of halogens is 2. The van der Waals surface area contributed by atoms with Gasteiger partial charge in [0.15, 0.2) is 11.6 Å². The maximum atomic E-state index is 13.5. The summed E-state index contributed by atoms with van der Waals surface area (Å²) in [5.74, 6) is -1.95. The molecular formula is C20H22F2N2O2S. The van der Waals surface area contributed by atoms with Crippen molar-refractivity contribution in [2.45, 2.75) is 34.6 Å². The van der Waals surface area contributed by atoms with Crippen molar-refractivity contribution in [3.8, 4) is 0 Å². The summed E-state index contributed by atoms with van der Waals surface area (Å²) in [6.07, 6.45) is 1.99. The van der Waals surface area contributed by atoms with Gasteiger partial charge in [-0.3, -0.25) is 0 Å². The molecule has 2 heterocycles. The molecule has 2 atom stereocenters. The Hall–Kier alpha value is -1.99. The Morgan fingerprint density at radius 1 is 0.926 bits per heavy atom. The summed E-state index contributed by atoms with van der Waals surface area (Å²) >= 11 is 0. The second kappa shape index (κ2) is 6.56. The summed E-state index contributed by atoms with van der Waals surface area (Å²) in [5.41, 5.74) is 2.08. The van der Waals surface area contributed by atoms with Gasteiger partial charge in [-0.2, -0.15) is 0 Å². The summed E-state index contributed by atoms with van der Waals surface area (Å²) < 4.78 is 52.6. The van der Waals surface area contributed by atoms with Gasteiger partial charge >= 0.3 is 0 Å². The third-order valence-electron chi connectivity index (χ3n) is 5.88. The van der Waals surface area contributed by atoms with E-state index >= 15 is 0 Å². The topological polar surface area (TPSA) is 40.6 Å². The van der Waals surface area contributed by atoms with Gasteiger partial charge in [-0.1, -0.05) is 0 Å². The van der Waals surface area contributed by atoms with E-state index in [4.69, 9.17) is 0 Å². The minimum Gasteiger partial charge on any atom is -0.371 e. The summed E-state index contributed by atoms with van der Waals surface area (Å²) in [7, 11) is 0.246. The van der Waals surface area contributed by atoms with Crippen LogP contribution < -0.4 is 4.90 Å². The van der Waals surface area contributed by atoms with Crippen LogP contribution in [0.1, 0.15) is 24.3 Å². The first-order valence-electron chi connectivity index (χ1n) is 9.04. The van der Waals surface area contributed by atoms with Crippen molar-refractivity contribution in [2.75, 3.05) is 32.1 Å². The summed E-state index contributed by atoms with van der Waals surface area (Å²) in [6.45, 7) is 1.98. The van der Waals surface area contributed by atoms with E-state index in [0.29, 0.717) is 6.04 Å². The Bertz CT molecular complexity index is 993. The van der Waals surface area contributed by atoms with Crippen molar-refractivity contribution in [3.05, 3.63) is 53.6 Å². The molecule has 0 unspecified atom stereocenters.